The van der Waals surface area contributed by atoms with Crippen molar-refractivity contribution in [2.75, 3.05) is 0 Å². The number of nitrogens with zero attached hydrogens (tertiary/aromatic N) is 4. The smallest absolute Gasteiger partial charge is 0.213 e. The highest BCUT2D eigenvalue weighted by molar-refractivity contribution is 6.08. The monoisotopic (exact) mass is 264 g/mol. The lowest BCUT2D eigenvalue weighted by Crippen LogP contribution is -2.10. The first kappa shape index (κ1) is 12.2. The van der Waals surface area contributed by atoms with Crippen molar-refractivity contribution in [2.24, 2.45) is 0 Å². The maximum Gasteiger partial charge on any atom is 0.213 e. The molecule has 0 spiro atoms. The summed E-state index contributed by atoms with van der Waals surface area (Å²) < 4.78 is 1.54. The minimum atomic E-state index is -0.121. The summed E-state index contributed by atoms with van der Waals surface area (Å²) in [6, 6.07) is 12.9. The number of carbonyl (C=O) groups is 1. The fraction of sp³-hybridized carbons (Fsp3) is 0.0667. The van der Waals surface area contributed by atoms with E-state index in [0.717, 1.165) is 11.4 Å². The lowest BCUT2D eigenvalue weighted by Gasteiger charge is -2.05. The van der Waals surface area contributed by atoms with Crippen LogP contribution in [0, 0.1) is 6.92 Å². The number of benzene rings is 1. The van der Waals surface area contributed by atoms with Gasteiger partial charge in [-0.15, -0.1) is 5.10 Å². The molecule has 0 amide bonds. The van der Waals surface area contributed by atoms with Crippen LogP contribution in [0.2, 0.25) is 0 Å². The van der Waals surface area contributed by atoms with E-state index >= 15 is 0 Å². The summed E-state index contributed by atoms with van der Waals surface area (Å²) in [4.78, 5) is 16.6. The molecule has 5 heteroatoms. The van der Waals surface area contributed by atoms with Crippen LogP contribution in [-0.2, 0) is 0 Å². The Kier molecular flexibility index (Phi) is 3.09. The highest BCUT2D eigenvalue weighted by Crippen LogP contribution is 2.13. The summed E-state index contributed by atoms with van der Waals surface area (Å²) in [5.41, 5.74) is 2.62. The molecule has 0 N–H and O–H groups in total. The molecule has 0 radical (unpaired) electrons. The number of rotatable bonds is 3. The topological polar surface area (TPSA) is 60.7 Å². The Morgan fingerprint density at radius 3 is 2.70 bits per heavy atom. The standard InChI is InChI=1S/C15H12N4O/c1-11-9-12(7-8-16-11)15(20)14-10-17-18-19(14)13-5-3-2-4-6-13/h2-10H,1H3. The van der Waals surface area contributed by atoms with Crippen molar-refractivity contribution in [2.45, 2.75) is 6.92 Å². The average molecular weight is 264 g/mol. The summed E-state index contributed by atoms with van der Waals surface area (Å²) in [6.07, 6.45) is 3.10. The first-order valence-electron chi connectivity index (χ1n) is 6.19. The Morgan fingerprint density at radius 1 is 1.15 bits per heavy atom. The Hall–Kier alpha value is -2.82. The molecule has 98 valence electrons. The molecule has 0 unspecified atom stereocenters. The van der Waals surface area contributed by atoms with E-state index in [0.29, 0.717) is 11.3 Å². The molecule has 1 aromatic carbocycles. The van der Waals surface area contributed by atoms with Crippen molar-refractivity contribution < 1.29 is 4.79 Å². The van der Waals surface area contributed by atoms with Gasteiger partial charge in [-0.1, -0.05) is 23.4 Å². The summed E-state index contributed by atoms with van der Waals surface area (Å²) in [7, 11) is 0. The van der Waals surface area contributed by atoms with Crippen LogP contribution in [0.25, 0.3) is 5.69 Å². The summed E-state index contributed by atoms with van der Waals surface area (Å²) in [6.45, 7) is 1.85. The van der Waals surface area contributed by atoms with Crippen molar-refractivity contribution in [3.8, 4) is 5.69 Å². The van der Waals surface area contributed by atoms with Crippen molar-refractivity contribution >= 4 is 5.78 Å². The molecular weight excluding hydrogens is 252 g/mol. The molecule has 0 fully saturated rings. The van der Waals surface area contributed by atoms with Gasteiger partial charge in [-0.3, -0.25) is 9.78 Å². The van der Waals surface area contributed by atoms with Gasteiger partial charge >= 0.3 is 0 Å². The van der Waals surface area contributed by atoms with Crippen LogP contribution >= 0.6 is 0 Å². The second-order valence-corrected chi connectivity index (χ2v) is 4.38. The molecule has 0 atom stereocenters. The number of para-hydroxylation sites is 1. The number of pyridine rings is 1. The van der Waals surface area contributed by atoms with Gasteiger partial charge in [0, 0.05) is 17.5 Å². The third kappa shape index (κ3) is 2.21. The zero-order chi connectivity index (χ0) is 13.9. The van der Waals surface area contributed by atoms with Crippen LogP contribution in [0.4, 0.5) is 0 Å². The van der Waals surface area contributed by atoms with E-state index < -0.39 is 0 Å². The van der Waals surface area contributed by atoms with Crippen molar-refractivity contribution in [1.82, 2.24) is 20.0 Å². The zero-order valence-corrected chi connectivity index (χ0v) is 10.9. The van der Waals surface area contributed by atoms with Gasteiger partial charge in [-0.2, -0.15) is 0 Å². The highest BCUT2D eigenvalue weighted by atomic mass is 16.1. The van der Waals surface area contributed by atoms with Crippen LogP contribution in [0.1, 0.15) is 21.7 Å². The molecule has 2 heterocycles. The van der Waals surface area contributed by atoms with Gasteiger partial charge in [0.2, 0.25) is 5.78 Å². The molecule has 20 heavy (non-hydrogen) atoms. The lowest BCUT2D eigenvalue weighted by molar-refractivity contribution is 0.103. The van der Waals surface area contributed by atoms with E-state index in [4.69, 9.17) is 0 Å². The Morgan fingerprint density at radius 2 is 1.95 bits per heavy atom. The normalized spacial score (nSPS) is 10.4. The Labute approximate surface area is 115 Å². The lowest BCUT2D eigenvalue weighted by atomic mass is 10.1. The third-order valence-electron chi connectivity index (χ3n) is 2.94. The maximum absolute atomic E-state index is 12.5. The number of ketones is 1. The SMILES string of the molecule is Cc1cc(C(=O)c2cnnn2-c2ccccc2)ccn1. The van der Waals surface area contributed by atoms with Crippen LogP contribution in [0.5, 0.6) is 0 Å². The van der Waals surface area contributed by atoms with E-state index in [-0.39, 0.29) is 5.78 Å². The van der Waals surface area contributed by atoms with Gasteiger partial charge in [0.25, 0.3) is 0 Å². The van der Waals surface area contributed by atoms with Gasteiger partial charge < -0.3 is 0 Å². The van der Waals surface area contributed by atoms with Crippen molar-refractivity contribution in [3.63, 3.8) is 0 Å². The Balaban J connectivity index is 2.04. The molecule has 0 aliphatic carbocycles. The second kappa shape index (κ2) is 5.05. The summed E-state index contributed by atoms with van der Waals surface area (Å²) in [5.74, 6) is -0.121. The van der Waals surface area contributed by atoms with E-state index in [9.17, 15) is 4.79 Å². The largest absolute Gasteiger partial charge is 0.287 e. The van der Waals surface area contributed by atoms with Gasteiger partial charge in [-0.25, -0.2) is 4.68 Å². The quantitative estimate of drug-likeness (QED) is 0.680. The predicted molar refractivity (Wildman–Crippen MR) is 73.8 cm³/mol. The summed E-state index contributed by atoms with van der Waals surface area (Å²) in [5, 5.41) is 7.83. The van der Waals surface area contributed by atoms with Crippen LogP contribution in [-0.4, -0.2) is 25.8 Å². The van der Waals surface area contributed by atoms with Gasteiger partial charge in [0.1, 0.15) is 5.69 Å². The van der Waals surface area contributed by atoms with E-state index in [1.165, 1.54) is 10.9 Å². The molecule has 2 aromatic heterocycles. The fourth-order valence-electron chi connectivity index (χ4n) is 1.98. The molecule has 3 aromatic rings. The molecule has 0 saturated carbocycles. The number of aromatic nitrogens is 4. The van der Waals surface area contributed by atoms with Gasteiger partial charge in [-0.05, 0) is 31.2 Å². The minimum Gasteiger partial charge on any atom is -0.287 e. The molecule has 0 aliphatic heterocycles. The second-order valence-electron chi connectivity index (χ2n) is 4.38. The van der Waals surface area contributed by atoms with Crippen molar-refractivity contribution in [1.29, 1.82) is 0 Å². The first-order chi connectivity index (χ1) is 9.75. The van der Waals surface area contributed by atoms with E-state index in [2.05, 4.69) is 15.3 Å². The van der Waals surface area contributed by atoms with Crippen LogP contribution in [0.3, 0.4) is 0 Å². The predicted octanol–water partition coefficient (Wildman–Crippen LogP) is 2.20. The Bertz CT molecular complexity index is 749. The van der Waals surface area contributed by atoms with E-state index in [1.54, 1.807) is 18.3 Å². The fourth-order valence-corrected chi connectivity index (χ4v) is 1.98. The number of hydrogen-bond donors (Lipinski definition) is 0. The molecule has 0 saturated heterocycles. The molecule has 0 aliphatic rings. The van der Waals surface area contributed by atoms with Gasteiger partial charge in [0.05, 0.1) is 11.9 Å². The van der Waals surface area contributed by atoms with Crippen LogP contribution in [0.15, 0.2) is 54.9 Å². The third-order valence-corrected chi connectivity index (χ3v) is 2.94. The maximum atomic E-state index is 12.5. The number of carbonyl (C=O) groups excluding carboxylic acids is 1. The minimum absolute atomic E-state index is 0.121. The highest BCUT2D eigenvalue weighted by Gasteiger charge is 2.16. The molecular formula is C15H12N4O. The summed E-state index contributed by atoms with van der Waals surface area (Å²) >= 11 is 0. The van der Waals surface area contributed by atoms with E-state index in [1.807, 2.05) is 37.3 Å². The first-order valence-corrected chi connectivity index (χ1v) is 6.19. The number of aryl methyl sites for hydroxylation is 1. The van der Waals surface area contributed by atoms with Gasteiger partial charge in [0.15, 0.2) is 0 Å². The zero-order valence-electron chi connectivity index (χ0n) is 10.9. The molecule has 0 bridgehead atoms. The van der Waals surface area contributed by atoms with Crippen LogP contribution < -0.4 is 0 Å². The average Bonchev–Trinajstić information content (AvgIpc) is 2.97. The van der Waals surface area contributed by atoms with Crippen molar-refractivity contribution in [3.05, 3.63) is 71.8 Å². The number of hydrogen-bond acceptors (Lipinski definition) is 4. The molecule has 3 rings (SSSR count). The molecule has 5 nitrogen and oxygen atoms in total.